The van der Waals surface area contributed by atoms with Crippen LogP contribution in [0.1, 0.15) is 38.1 Å². The van der Waals surface area contributed by atoms with Crippen LogP contribution in [0.5, 0.6) is 0 Å². The van der Waals surface area contributed by atoms with Gasteiger partial charge in [0, 0.05) is 45.5 Å². The number of aryl methyl sites for hydroxylation is 1. The van der Waals surface area contributed by atoms with Crippen LogP contribution >= 0.6 is 0 Å². The van der Waals surface area contributed by atoms with E-state index in [1.807, 2.05) is 24.3 Å². The fraction of sp³-hybridized carbons (Fsp3) is 0.647. The quantitative estimate of drug-likeness (QED) is 0.799. The maximum atomic E-state index is 12.6. The third kappa shape index (κ3) is 3.09. The number of rotatable bonds is 4. The van der Waals surface area contributed by atoms with Crippen LogP contribution in [-0.4, -0.2) is 51.4 Å². The molecule has 3 rings (SSSR count). The second-order valence-electron chi connectivity index (χ2n) is 6.35. The number of hydrogen-bond donors (Lipinski definition) is 0. The molecule has 0 bridgehead atoms. The molecule has 2 heterocycles. The number of imidazole rings is 1. The second-order valence-corrected chi connectivity index (χ2v) is 6.35. The average molecular weight is 302 g/mol. The number of carbonyl (C=O) groups is 1. The van der Waals surface area contributed by atoms with Gasteiger partial charge in [-0.05, 0) is 25.3 Å². The Balaban J connectivity index is 1.68. The normalized spacial score (nSPS) is 25.8. The van der Waals surface area contributed by atoms with Crippen LogP contribution in [0.2, 0.25) is 0 Å². The average Bonchev–Trinajstić information content (AvgIpc) is 3.18. The lowest BCUT2D eigenvalue weighted by Gasteiger charge is -2.40. The summed E-state index contributed by atoms with van der Waals surface area (Å²) >= 11 is 0. The van der Waals surface area contributed by atoms with Crippen molar-refractivity contribution < 1.29 is 4.79 Å². The van der Waals surface area contributed by atoms with Crippen LogP contribution in [0.3, 0.4) is 0 Å². The van der Waals surface area contributed by atoms with Gasteiger partial charge in [-0.2, -0.15) is 0 Å². The Bertz CT molecular complexity index is 551. The number of piperazine rings is 1. The molecule has 1 amide bonds. The van der Waals surface area contributed by atoms with Gasteiger partial charge in [0.2, 0.25) is 5.91 Å². The lowest BCUT2D eigenvalue weighted by molar-refractivity contribution is -0.135. The number of carbonyl (C=O) groups excluding carboxylic acids is 1. The van der Waals surface area contributed by atoms with Gasteiger partial charge >= 0.3 is 0 Å². The van der Waals surface area contributed by atoms with Crippen molar-refractivity contribution in [2.75, 3.05) is 26.2 Å². The Morgan fingerprint density at radius 1 is 1.41 bits per heavy atom. The Hall–Kier alpha value is -1.62. The minimum Gasteiger partial charge on any atom is -0.339 e. The van der Waals surface area contributed by atoms with E-state index in [-0.39, 0.29) is 6.04 Å². The highest BCUT2D eigenvalue weighted by molar-refractivity contribution is 5.77. The molecule has 1 aromatic heterocycles. The van der Waals surface area contributed by atoms with Crippen LogP contribution < -0.4 is 0 Å². The van der Waals surface area contributed by atoms with Crippen molar-refractivity contribution in [1.29, 1.82) is 0 Å². The van der Waals surface area contributed by atoms with E-state index in [0.29, 0.717) is 18.2 Å². The Morgan fingerprint density at radius 3 is 2.91 bits per heavy atom. The van der Waals surface area contributed by atoms with Crippen molar-refractivity contribution in [2.45, 2.75) is 32.2 Å². The molecule has 0 aromatic carbocycles. The highest BCUT2D eigenvalue weighted by Gasteiger charge is 2.32. The molecule has 0 radical (unpaired) electrons. The summed E-state index contributed by atoms with van der Waals surface area (Å²) in [7, 11) is 2.03. The predicted molar refractivity (Wildman–Crippen MR) is 86.3 cm³/mol. The van der Waals surface area contributed by atoms with Crippen molar-refractivity contribution in [2.24, 2.45) is 13.0 Å². The summed E-state index contributed by atoms with van der Waals surface area (Å²) < 4.78 is 2.07. The van der Waals surface area contributed by atoms with Gasteiger partial charge in [0.1, 0.15) is 5.82 Å². The lowest BCUT2D eigenvalue weighted by Crippen LogP contribution is -2.51. The minimum atomic E-state index is 0.210. The molecule has 1 aliphatic carbocycles. The van der Waals surface area contributed by atoms with Gasteiger partial charge in [-0.3, -0.25) is 9.69 Å². The Labute approximate surface area is 132 Å². The van der Waals surface area contributed by atoms with Gasteiger partial charge < -0.3 is 9.47 Å². The van der Waals surface area contributed by atoms with E-state index in [0.717, 1.165) is 44.8 Å². The highest BCUT2D eigenvalue weighted by Crippen LogP contribution is 2.26. The largest absolute Gasteiger partial charge is 0.339 e. The van der Waals surface area contributed by atoms with Crippen molar-refractivity contribution in [1.82, 2.24) is 19.4 Å². The first-order valence-corrected chi connectivity index (χ1v) is 8.34. The van der Waals surface area contributed by atoms with Gasteiger partial charge in [0.15, 0.2) is 0 Å². The van der Waals surface area contributed by atoms with E-state index in [1.54, 1.807) is 0 Å². The molecule has 1 saturated heterocycles. The molecule has 5 heteroatoms. The third-order valence-corrected chi connectivity index (χ3v) is 4.96. The summed E-state index contributed by atoms with van der Waals surface area (Å²) in [6.45, 7) is 5.69. The summed E-state index contributed by atoms with van der Waals surface area (Å²) in [6.07, 6.45) is 11.1. The summed E-state index contributed by atoms with van der Waals surface area (Å²) in [4.78, 5) is 21.6. The van der Waals surface area contributed by atoms with E-state index in [9.17, 15) is 4.79 Å². The molecule has 120 valence electrons. The second kappa shape index (κ2) is 6.65. The van der Waals surface area contributed by atoms with Crippen molar-refractivity contribution >= 4 is 5.91 Å². The monoisotopic (exact) mass is 302 g/mol. The zero-order valence-corrected chi connectivity index (χ0v) is 13.6. The predicted octanol–water partition coefficient (Wildman–Crippen LogP) is 1.98. The zero-order valence-electron chi connectivity index (χ0n) is 13.6. The maximum absolute atomic E-state index is 12.6. The smallest absolute Gasteiger partial charge is 0.223 e. The zero-order chi connectivity index (χ0) is 15.5. The molecule has 0 N–H and O–H groups in total. The number of nitrogens with zero attached hydrogens (tertiary/aromatic N) is 4. The van der Waals surface area contributed by atoms with Gasteiger partial charge in [0.05, 0.1) is 6.04 Å². The number of hydrogen-bond acceptors (Lipinski definition) is 3. The van der Waals surface area contributed by atoms with Gasteiger partial charge in [-0.1, -0.05) is 19.1 Å². The molecule has 22 heavy (non-hydrogen) atoms. The first kappa shape index (κ1) is 15.3. The van der Waals surface area contributed by atoms with Crippen molar-refractivity contribution in [3.8, 4) is 0 Å². The third-order valence-electron chi connectivity index (χ3n) is 4.96. The van der Waals surface area contributed by atoms with Crippen molar-refractivity contribution in [3.05, 3.63) is 30.4 Å². The Morgan fingerprint density at radius 2 is 2.27 bits per heavy atom. The molecule has 0 spiro atoms. The molecule has 5 nitrogen and oxygen atoms in total. The van der Waals surface area contributed by atoms with E-state index >= 15 is 0 Å². The number of allylic oxidation sites excluding steroid dienone is 2. The van der Waals surface area contributed by atoms with Crippen LogP contribution in [0, 0.1) is 5.92 Å². The van der Waals surface area contributed by atoms with E-state index < -0.39 is 0 Å². The summed E-state index contributed by atoms with van der Waals surface area (Å²) in [5, 5.41) is 0. The van der Waals surface area contributed by atoms with Crippen LogP contribution in [0.15, 0.2) is 24.5 Å². The summed E-state index contributed by atoms with van der Waals surface area (Å²) in [6, 6.07) is 0.210. The number of aromatic nitrogens is 2. The fourth-order valence-electron chi connectivity index (χ4n) is 3.59. The molecule has 2 atom stereocenters. The molecule has 2 unspecified atom stereocenters. The molecule has 1 aromatic rings. The maximum Gasteiger partial charge on any atom is 0.223 e. The van der Waals surface area contributed by atoms with Crippen molar-refractivity contribution in [3.63, 3.8) is 0 Å². The van der Waals surface area contributed by atoms with E-state index in [1.165, 1.54) is 0 Å². The van der Waals surface area contributed by atoms with E-state index in [4.69, 9.17) is 0 Å². The molecule has 0 saturated carbocycles. The molecule has 1 fully saturated rings. The fourth-order valence-corrected chi connectivity index (χ4v) is 3.59. The molecular weight excluding hydrogens is 276 g/mol. The first-order valence-electron chi connectivity index (χ1n) is 8.34. The lowest BCUT2D eigenvalue weighted by atomic mass is 10.0. The minimum absolute atomic E-state index is 0.210. The van der Waals surface area contributed by atoms with Gasteiger partial charge in [-0.15, -0.1) is 0 Å². The number of likely N-dealkylation sites (N-methyl/N-ethyl adjacent to an activating group) is 1. The Kier molecular flexibility index (Phi) is 4.62. The topological polar surface area (TPSA) is 41.4 Å². The van der Waals surface area contributed by atoms with Crippen LogP contribution in [-0.2, 0) is 11.8 Å². The molecular formula is C17H26N4O. The molecule has 1 aliphatic heterocycles. The summed E-state index contributed by atoms with van der Waals surface area (Å²) in [5.74, 6) is 1.80. The van der Waals surface area contributed by atoms with Gasteiger partial charge in [-0.25, -0.2) is 4.98 Å². The van der Waals surface area contributed by atoms with Crippen LogP contribution in [0.4, 0.5) is 0 Å². The standard InChI is InChI=1S/C17H26N4O/c1-3-20-10-11-21(16(22)12-14-6-4-5-7-14)13-15(20)17-18-8-9-19(17)2/h4,6,8-9,14-15H,3,5,7,10-13H2,1-2H3. The first-order chi connectivity index (χ1) is 10.7. The van der Waals surface area contributed by atoms with E-state index in [2.05, 4.69) is 33.5 Å². The summed E-state index contributed by atoms with van der Waals surface area (Å²) in [5.41, 5.74) is 0. The van der Waals surface area contributed by atoms with Crippen LogP contribution in [0.25, 0.3) is 0 Å². The highest BCUT2D eigenvalue weighted by atomic mass is 16.2. The molecule has 2 aliphatic rings. The van der Waals surface area contributed by atoms with Gasteiger partial charge in [0.25, 0.3) is 0 Å². The SMILES string of the molecule is CCN1CCN(C(=O)CC2C=CCC2)CC1c1nccn1C. The number of amides is 1.